The minimum Gasteiger partial charge on any atom is -0.394 e. The first-order chi connectivity index (χ1) is 13.4. The van der Waals surface area contributed by atoms with Crippen molar-refractivity contribution < 1.29 is 29.7 Å². The van der Waals surface area contributed by atoms with Gasteiger partial charge in [-0.15, -0.1) is 4.91 Å². The molecule has 12 nitrogen and oxygen atoms in total. The number of hydrogen-bond donors (Lipinski definition) is 6. The number of ether oxygens (including phenoxy) is 1. The fourth-order valence-electron chi connectivity index (χ4n) is 4.24. The first-order valence-electron chi connectivity index (χ1n) is 9.49. The van der Waals surface area contributed by atoms with Crippen molar-refractivity contribution in [1.82, 2.24) is 10.4 Å². The Morgan fingerprint density at radius 3 is 2.38 bits per heavy atom. The van der Waals surface area contributed by atoms with E-state index in [1.165, 1.54) is 6.20 Å². The molecular formula is C17H33N5O7. The third-order valence-corrected chi connectivity index (χ3v) is 5.33. The van der Waals surface area contributed by atoms with E-state index in [9.17, 15) is 20.2 Å². The van der Waals surface area contributed by atoms with Crippen LogP contribution in [0.2, 0.25) is 0 Å². The molecule has 5 unspecified atom stereocenters. The van der Waals surface area contributed by atoms with Crippen molar-refractivity contribution in [2.24, 2.45) is 16.8 Å². The number of nitrogens with one attached hydrogen (secondary N) is 1. The highest BCUT2D eigenvalue weighted by Gasteiger charge is 2.50. The standard InChI is InChI=1S/C17H33N5O7/c1-16(2)5-9(20-7-11(18)28-21-26)6-17(3,4)22(16)29-15-12(19)14(25)13(24)10(8-23)27-15/h7,9-10,12-15,20,23-25H,5-6,8,18-19H2,1-4H3/b11-7-. The summed E-state index contributed by atoms with van der Waals surface area (Å²) in [5, 5.41) is 36.7. The number of aliphatic hydroxyl groups is 3. The third kappa shape index (κ3) is 5.34. The van der Waals surface area contributed by atoms with E-state index in [1.807, 2.05) is 27.7 Å². The Morgan fingerprint density at radius 1 is 1.28 bits per heavy atom. The summed E-state index contributed by atoms with van der Waals surface area (Å²) in [5.41, 5.74) is 10.5. The largest absolute Gasteiger partial charge is 0.394 e. The number of nitrogens with zero attached hydrogens (tertiary/aromatic N) is 2. The molecule has 2 aliphatic heterocycles. The molecule has 0 aliphatic carbocycles. The highest BCUT2D eigenvalue weighted by atomic mass is 16.8. The Balaban J connectivity index is 2.13. The highest BCUT2D eigenvalue weighted by Crippen LogP contribution is 2.40. The van der Waals surface area contributed by atoms with Gasteiger partial charge in [0.15, 0.2) is 11.6 Å². The smallest absolute Gasteiger partial charge is 0.239 e. The van der Waals surface area contributed by atoms with Crippen LogP contribution < -0.4 is 16.8 Å². The molecule has 0 aromatic heterocycles. The van der Waals surface area contributed by atoms with Crippen molar-refractivity contribution in [1.29, 1.82) is 0 Å². The van der Waals surface area contributed by atoms with Gasteiger partial charge in [-0.05, 0) is 40.5 Å². The highest BCUT2D eigenvalue weighted by molar-refractivity contribution is 5.02. The summed E-state index contributed by atoms with van der Waals surface area (Å²) in [6, 6.07) is -1.00. The van der Waals surface area contributed by atoms with Gasteiger partial charge in [0.05, 0.1) is 18.8 Å². The third-order valence-electron chi connectivity index (χ3n) is 5.33. The lowest BCUT2D eigenvalue weighted by atomic mass is 9.79. The van der Waals surface area contributed by atoms with Crippen LogP contribution in [0.4, 0.5) is 0 Å². The van der Waals surface area contributed by atoms with Crippen LogP contribution in [0.3, 0.4) is 0 Å². The predicted molar refractivity (Wildman–Crippen MR) is 102 cm³/mol. The van der Waals surface area contributed by atoms with Crippen LogP contribution in [0.15, 0.2) is 17.4 Å². The molecule has 2 aliphatic rings. The average molecular weight is 419 g/mol. The second-order valence-corrected chi connectivity index (χ2v) is 8.79. The Labute approximate surface area is 169 Å². The number of rotatable bonds is 7. The fourth-order valence-corrected chi connectivity index (χ4v) is 4.24. The van der Waals surface area contributed by atoms with Crippen LogP contribution in [0, 0.1) is 4.91 Å². The summed E-state index contributed by atoms with van der Waals surface area (Å²) in [6.07, 6.45) is -1.99. The molecule has 0 saturated carbocycles. The molecule has 2 saturated heterocycles. The number of hydroxylamine groups is 2. The van der Waals surface area contributed by atoms with Gasteiger partial charge < -0.3 is 41.7 Å². The lowest BCUT2D eigenvalue weighted by molar-refractivity contribution is -0.386. The fraction of sp³-hybridized carbons (Fsp3) is 0.882. The second kappa shape index (κ2) is 9.08. The monoisotopic (exact) mass is 419 g/mol. The van der Waals surface area contributed by atoms with E-state index in [-0.39, 0.29) is 11.9 Å². The van der Waals surface area contributed by atoms with E-state index in [0.717, 1.165) is 0 Å². The molecule has 12 heteroatoms. The van der Waals surface area contributed by atoms with Crippen molar-refractivity contribution in [2.45, 2.75) is 88.3 Å². The first-order valence-corrected chi connectivity index (χ1v) is 9.49. The van der Waals surface area contributed by atoms with Crippen LogP contribution >= 0.6 is 0 Å². The molecule has 0 spiro atoms. The van der Waals surface area contributed by atoms with Crippen LogP contribution in [0.5, 0.6) is 0 Å². The SMILES string of the molecule is CC1(C)CC(N/C=C(/N)ON=O)CC(C)(C)N1OC1OC(CO)C(O)C(O)C1N. The summed E-state index contributed by atoms with van der Waals surface area (Å²) in [5.74, 6) is -0.140. The maximum atomic E-state index is 10.2. The van der Waals surface area contributed by atoms with E-state index < -0.39 is 48.3 Å². The van der Waals surface area contributed by atoms with Gasteiger partial charge in [-0.3, -0.25) is 4.84 Å². The van der Waals surface area contributed by atoms with Crippen molar-refractivity contribution in [2.75, 3.05) is 6.61 Å². The molecular weight excluding hydrogens is 386 g/mol. The summed E-state index contributed by atoms with van der Waals surface area (Å²) in [6.45, 7) is 7.42. The van der Waals surface area contributed by atoms with Crippen LogP contribution in [-0.2, 0) is 14.4 Å². The lowest BCUT2D eigenvalue weighted by Crippen LogP contribution is -2.68. The van der Waals surface area contributed by atoms with Gasteiger partial charge >= 0.3 is 0 Å². The molecule has 0 bridgehead atoms. The molecule has 168 valence electrons. The first kappa shape index (κ1) is 23.7. The molecule has 2 rings (SSSR count). The van der Waals surface area contributed by atoms with Crippen molar-refractivity contribution >= 4 is 0 Å². The van der Waals surface area contributed by atoms with Gasteiger partial charge in [0.1, 0.15) is 18.3 Å². The molecule has 0 aromatic carbocycles. The van der Waals surface area contributed by atoms with Gasteiger partial charge in [0, 0.05) is 17.1 Å². The Kier molecular flexibility index (Phi) is 7.43. The molecule has 0 radical (unpaired) electrons. The molecule has 0 aromatic rings. The van der Waals surface area contributed by atoms with Crippen molar-refractivity contribution in [3.63, 3.8) is 0 Å². The Bertz CT molecular complexity index is 583. The summed E-state index contributed by atoms with van der Waals surface area (Å²) in [4.78, 5) is 20.5. The van der Waals surface area contributed by atoms with E-state index in [4.69, 9.17) is 21.0 Å². The second-order valence-electron chi connectivity index (χ2n) is 8.79. The minimum absolute atomic E-state index is 0.00722. The van der Waals surface area contributed by atoms with Crippen LogP contribution in [0.25, 0.3) is 0 Å². The Hall–Kier alpha value is -1.54. The summed E-state index contributed by atoms with van der Waals surface area (Å²) >= 11 is 0. The quantitative estimate of drug-likeness (QED) is 0.164. The van der Waals surface area contributed by atoms with Crippen LogP contribution in [-0.4, -0.2) is 74.8 Å². The number of aliphatic hydroxyl groups excluding tert-OH is 3. The van der Waals surface area contributed by atoms with Crippen molar-refractivity contribution in [3.8, 4) is 0 Å². The van der Waals surface area contributed by atoms with Crippen LogP contribution in [0.1, 0.15) is 40.5 Å². The van der Waals surface area contributed by atoms with Gasteiger partial charge in [-0.1, -0.05) is 0 Å². The summed E-state index contributed by atoms with van der Waals surface area (Å²) in [7, 11) is 0. The van der Waals surface area contributed by atoms with Gasteiger partial charge in [0.25, 0.3) is 0 Å². The van der Waals surface area contributed by atoms with E-state index in [1.54, 1.807) is 5.06 Å². The van der Waals surface area contributed by atoms with E-state index in [2.05, 4.69) is 15.5 Å². The molecule has 0 amide bonds. The topological polar surface area (TPSA) is 185 Å². The zero-order chi connectivity index (χ0) is 22.0. The number of piperidine rings is 1. The Morgan fingerprint density at radius 2 is 1.86 bits per heavy atom. The number of hydrogen-bond acceptors (Lipinski definition) is 12. The maximum Gasteiger partial charge on any atom is 0.239 e. The van der Waals surface area contributed by atoms with Gasteiger partial charge in [0.2, 0.25) is 5.88 Å². The summed E-state index contributed by atoms with van der Waals surface area (Å²) < 4.78 is 5.61. The minimum atomic E-state index is -1.30. The molecule has 29 heavy (non-hydrogen) atoms. The zero-order valence-electron chi connectivity index (χ0n) is 17.2. The van der Waals surface area contributed by atoms with E-state index in [0.29, 0.717) is 12.8 Å². The van der Waals surface area contributed by atoms with Gasteiger partial charge in [-0.25, -0.2) is 0 Å². The zero-order valence-corrected chi connectivity index (χ0v) is 17.2. The normalized spacial score (nSPS) is 35.9. The molecule has 5 atom stereocenters. The molecule has 2 fully saturated rings. The maximum absolute atomic E-state index is 10.2. The average Bonchev–Trinajstić information content (AvgIpc) is 2.62. The van der Waals surface area contributed by atoms with E-state index >= 15 is 0 Å². The predicted octanol–water partition coefficient (Wildman–Crippen LogP) is -1.25. The molecule has 2 heterocycles. The van der Waals surface area contributed by atoms with Crippen molar-refractivity contribution in [3.05, 3.63) is 17.0 Å². The number of nitrogens with two attached hydrogens (primary N) is 2. The lowest BCUT2D eigenvalue weighted by Gasteiger charge is -2.55. The van der Waals surface area contributed by atoms with Gasteiger partial charge in [-0.2, -0.15) is 5.06 Å². The molecule has 8 N–H and O–H groups in total.